The van der Waals surface area contributed by atoms with Gasteiger partial charge in [-0.05, 0) is 32.9 Å². The summed E-state index contributed by atoms with van der Waals surface area (Å²) in [5, 5.41) is 16.0. The van der Waals surface area contributed by atoms with Gasteiger partial charge in [0.2, 0.25) is 0 Å². The second-order valence-electron chi connectivity index (χ2n) is 6.56. The van der Waals surface area contributed by atoms with Crippen molar-refractivity contribution >= 4 is 17.5 Å². The van der Waals surface area contributed by atoms with E-state index in [1.807, 2.05) is 6.07 Å². The number of hydrogen-bond donors (Lipinski definition) is 2. The Bertz CT molecular complexity index is 650. The van der Waals surface area contributed by atoms with Gasteiger partial charge in [-0.2, -0.15) is 0 Å². The molecule has 2 aliphatic heterocycles. The van der Waals surface area contributed by atoms with E-state index in [0.29, 0.717) is 18.0 Å². The quantitative estimate of drug-likeness (QED) is 0.871. The molecule has 0 aromatic heterocycles. The Balaban J connectivity index is 1.76. The van der Waals surface area contributed by atoms with Gasteiger partial charge in [0, 0.05) is 17.3 Å². The third-order valence-electron chi connectivity index (χ3n) is 3.59. The zero-order chi connectivity index (χ0) is 16.6. The molecule has 0 fully saturated rings. The summed E-state index contributed by atoms with van der Waals surface area (Å²) in [5.74, 6) is 0.549. The van der Waals surface area contributed by atoms with Crippen LogP contribution < -0.4 is 10.1 Å². The smallest absolute Gasteiger partial charge is 0.412 e. The number of amides is 1. The van der Waals surface area contributed by atoms with E-state index in [-0.39, 0.29) is 18.6 Å². The van der Waals surface area contributed by atoms with E-state index in [0.717, 1.165) is 11.3 Å². The van der Waals surface area contributed by atoms with Gasteiger partial charge in [0.25, 0.3) is 0 Å². The lowest BCUT2D eigenvalue weighted by Crippen LogP contribution is -2.35. The molecule has 7 nitrogen and oxygen atoms in total. The maximum Gasteiger partial charge on any atom is 0.412 e. The zero-order valence-corrected chi connectivity index (χ0v) is 13.3. The Hall–Kier alpha value is -2.28. The molecular weight excluding hydrogens is 300 g/mol. The van der Waals surface area contributed by atoms with Gasteiger partial charge in [0.05, 0.1) is 12.5 Å². The maximum absolute atomic E-state index is 11.8. The number of anilines is 1. The van der Waals surface area contributed by atoms with Gasteiger partial charge in [-0.3, -0.25) is 5.32 Å². The Kier molecular flexibility index (Phi) is 3.89. The van der Waals surface area contributed by atoms with E-state index in [2.05, 4.69) is 10.5 Å². The van der Waals surface area contributed by atoms with Crippen LogP contribution in [-0.2, 0) is 9.57 Å². The molecule has 0 saturated carbocycles. The molecule has 23 heavy (non-hydrogen) atoms. The fourth-order valence-corrected chi connectivity index (χ4v) is 2.57. The van der Waals surface area contributed by atoms with Crippen LogP contribution in [0.2, 0.25) is 0 Å². The van der Waals surface area contributed by atoms with E-state index in [4.69, 9.17) is 14.3 Å². The Morgan fingerprint density at radius 2 is 2.26 bits per heavy atom. The molecule has 0 spiro atoms. The molecule has 7 heteroatoms. The highest BCUT2D eigenvalue weighted by Crippen LogP contribution is 2.35. The lowest BCUT2D eigenvalue weighted by molar-refractivity contribution is 0.00847. The second-order valence-corrected chi connectivity index (χ2v) is 6.56. The number of carbonyl (C=O) groups is 1. The van der Waals surface area contributed by atoms with Gasteiger partial charge in [0.15, 0.2) is 6.10 Å². The normalized spacial score (nSPS) is 22.2. The first-order chi connectivity index (χ1) is 10.9. The van der Waals surface area contributed by atoms with Crippen LogP contribution in [-0.4, -0.2) is 41.8 Å². The molecule has 2 N–H and O–H groups in total. The molecule has 0 radical (unpaired) electrons. The maximum atomic E-state index is 11.8. The van der Waals surface area contributed by atoms with Crippen molar-refractivity contribution in [3.05, 3.63) is 23.8 Å². The lowest BCUT2D eigenvalue weighted by Gasteiger charge is -2.25. The van der Waals surface area contributed by atoms with E-state index in [9.17, 15) is 9.90 Å². The van der Waals surface area contributed by atoms with Crippen molar-refractivity contribution in [1.82, 2.24) is 0 Å². The fraction of sp³-hybridized carbons (Fsp3) is 0.500. The Morgan fingerprint density at radius 3 is 2.96 bits per heavy atom. The Labute approximate surface area is 134 Å². The van der Waals surface area contributed by atoms with Gasteiger partial charge < -0.3 is 19.4 Å². The van der Waals surface area contributed by atoms with E-state index < -0.39 is 11.7 Å². The molecule has 1 amide bonds. The van der Waals surface area contributed by atoms with Crippen molar-refractivity contribution in [1.29, 1.82) is 0 Å². The van der Waals surface area contributed by atoms with Crippen molar-refractivity contribution in [2.75, 3.05) is 18.5 Å². The minimum absolute atomic E-state index is 0.0721. The standard InChI is InChI=1S/C16H20N2O5/c1-16(2,3)22-15(20)17-9-4-5-10-12(6-9)21-8-11-13(7-19)23-18-14(10)11/h4-6,11,13,19H,7-8H2,1-3H3,(H,17,20). The number of oxime groups is 1. The lowest BCUT2D eigenvalue weighted by atomic mass is 9.90. The Morgan fingerprint density at radius 1 is 1.48 bits per heavy atom. The average Bonchev–Trinajstić information content (AvgIpc) is 2.88. The van der Waals surface area contributed by atoms with Gasteiger partial charge in [0.1, 0.15) is 23.7 Å². The highest BCUT2D eigenvalue weighted by atomic mass is 16.7. The van der Waals surface area contributed by atoms with Crippen LogP contribution in [0.3, 0.4) is 0 Å². The van der Waals surface area contributed by atoms with Crippen LogP contribution in [0, 0.1) is 5.92 Å². The highest BCUT2D eigenvalue weighted by Gasteiger charge is 2.39. The fourth-order valence-electron chi connectivity index (χ4n) is 2.57. The van der Waals surface area contributed by atoms with Crippen molar-refractivity contribution in [3.8, 4) is 5.75 Å². The topological polar surface area (TPSA) is 89.4 Å². The molecule has 124 valence electrons. The highest BCUT2D eigenvalue weighted by molar-refractivity contribution is 6.06. The molecule has 2 heterocycles. The number of carbonyl (C=O) groups excluding carboxylic acids is 1. The number of hydrogen-bond acceptors (Lipinski definition) is 6. The first-order valence-corrected chi connectivity index (χ1v) is 7.49. The van der Waals surface area contributed by atoms with Crippen LogP contribution in [0.5, 0.6) is 5.75 Å². The number of rotatable bonds is 2. The molecule has 1 aromatic carbocycles. The summed E-state index contributed by atoms with van der Waals surface area (Å²) in [6.07, 6.45) is -0.884. The van der Waals surface area contributed by atoms with Crippen LogP contribution >= 0.6 is 0 Å². The van der Waals surface area contributed by atoms with Crippen molar-refractivity contribution in [3.63, 3.8) is 0 Å². The molecule has 3 rings (SSSR count). The van der Waals surface area contributed by atoms with Gasteiger partial charge in [-0.25, -0.2) is 4.79 Å². The van der Waals surface area contributed by atoms with E-state index in [1.165, 1.54) is 0 Å². The zero-order valence-electron chi connectivity index (χ0n) is 13.3. The molecule has 2 aliphatic rings. The largest absolute Gasteiger partial charge is 0.492 e. The van der Waals surface area contributed by atoms with Crippen molar-refractivity contribution in [2.45, 2.75) is 32.5 Å². The van der Waals surface area contributed by atoms with Gasteiger partial charge in [-0.15, -0.1) is 0 Å². The monoisotopic (exact) mass is 320 g/mol. The third kappa shape index (κ3) is 3.24. The predicted octanol–water partition coefficient (Wildman–Crippen LogP) is 2.14. The number of nitrogens with zero attached hydrogens (tertiary/aromatic N) is 1. The van der Waals surface area contributed by atoms with Gasteiger partial charge >= 0.3 is 6.09 Å². The summed E-state index contributed by atoms with van der Waals surface area (Å²) in [7, 11) is 0. The molecule has 0 aliphatic carbocycles. The number of nitrogens with one attached hydrogen (secondary N) is 1. The van der Waals surface area contributed by atoms with Crippen LogP contribution in [0.15, 0.2) is 23.4 Å². The molecule has 0 bridgehead atoms. The summed E-state index contributed by atoms with van der Waals surface area (Å²) in [5.41, 5.74) is 1.60. The number of aliphatic hydroxyl groups is 1. The average molecular weight is 320 g/mol. The summed E-state index contributed by atoms with van der Waals surface area (Å²) in [6.45, 7) is 5.69. The number of benzene rings is 1. The molecule has 1 aromatic rings. The second kappa shape index (κ2) is 5.73. The molecule has 0 saturated heterocycles. The van der Waals surface area contributed by atoms with Crippen LogP contribution in [0.25, 0.3) is 0 Å². The van der Waals surface area contributed by atoms with E-state index in [1.54, 1.807) is 32.9 Å². The van der Waals surface area contributed by atoms with Crippen LogP contribution in [0.1, 0.15) is 26.3 Å². The first-order valence-electron chi connectivity index (χ1n) is 7.49. The molecular formula is C16H20N2O5. The third-order valence-corrected chi connectivity index (χ3v) is 3.59. The van der Waals surface area contributed by atoms with Crippen LogP contribution in [0.4, 0.5) is 10.5 Å². The summed E-state index contributed by atoms with van der Waals surface area (Å²) in [4.78, 5) is 17.0. The van der Waals surface area contributed by atoms with Gasteiger partial charge in [-0.1, -0.05) is 5.16 Å². The molecule has 2 atom stereocenters. The minimum Gasteiger partial charge on any atom is -0.492 e. The number of ether oxygens (including phenoxy) is 2. The summed E-state index contributed by atoms with van der Waals surface area (Å²) >= 11 is 0. The van der Waals surface area contributed by atoms with Crippen molar-refractivity contribution in [2.24, 2.45) is 11.1 Å². The summed E-state index contributed by atoms with van der Waals surface area (Å²) in [6, 6.07) is 5.30. The molecule has 2 unspecified atom stereocenters. The SMILES string of the molecule is CC(C)(C)OC(=O)Nc1ccc2c(c1)OCC1C2=NOC1CO. The number of aliphatic hydroxyl groups excluding tert-OH is 1. The minimum atomic E-state index is -0.558. The number of fused-ring (bicyclic) bond motifs is 3. The first kappa shape index (κ1) is 15.6. The predicted molar refractivity (Wildman–Crippen MR) is 83.8 cm³/mol. The van der Waals surface area contributed by atoms with E-state index >= 15 is 0 Å². The summed E-state index contributed by atoms with van der Waals surface area (Å²) < 4.78 is 10.9. The van der Waals surface area contributed by atoms with Crippen molar-refractivity contribution < 1.29 is 24.2 Å².